The fraction of sp³-hybridized carbons (Fsp3) is 0.333. The number of thioether (sulfide) groups is 1. The van der Waals surface area contributed by atoms with Gasteiger partial charge in [0.15, 0.2) is 0 Å². The van der Waals surface area contributed by atoms with Gasteiger partial charge in [0, 0.05) is 5.25 Å². The third-order valence-electron chi connectivity index (χ3n) is 1.48. The summed E-state index contributed by atoms with van der Waals surface area (Å²) in [5.41, 5.74) is -0.163. The topological polar surface area (TPSA) is 43.1 Å². The third kappa shape index (κ3) is 2.70. The quantitative estimate of drug-likeness (QED) is 0.441. The van der Waals surface area contributed by atoms with E-state index in [2.05, 4.69) is 0 Å². The van der Waals surface area contributed by atoms with Crippen LogP contribution in [0.2, 0.25) is 0 Å². The maximum atomic E-state index is 12.7. The molecule has 76 valence electrons. The fourth-order valence-electron chi connectivity index (χ4n) is 0.987. The van der Waals surface area contributed by atoms with E-state index in [0.717, 1.165) is 6.07 Å². The molecule has 0 fully saturated rings. The molecule has 1 rings (SSSR count). The molecule has 0 aromatic heterocycles. The van der Waals surface area contributed by atoms with Gasteiger partial charge in [-0.25, -0.2) is 4.39 Å². The molecule has 0 unspecified atom stereocenters. The highest BCUT2D eigenvalue weighted by atomic mass is 32.2. The van der Waals surface area contributed by atoms with Crippen LogP contribution in [0.25, 0.3) is 0 Å². The second-order valence-electron chi connectivity index (χ2n) is 3.04. The third-order valence-corrected chi connectivity index (χ3v) is 2.55. The van der Waals surface area contributed by atoms with E-state index in [1.54, 1.807) is 0 Å². The van der Waals surface area contributed by atoms with Crippen LogP contribution in [-0.4, -0.2) is 10.2 Å². The second-order valence-corrected chi connectivity index (χ2v) is 4.65. The molecule has 5 heteroatoms. The zero-order valence-corrected chi connectivity index (χ0v) is 8.68. The molecule has 0 aliphatic carbocycles. The molecule has 0 saturated heterocycles. The van der Waals surface area contributed by atoms with Crippen molar-refractivity contribution in [3.8, 4) is 0 Å². The minimum Gasteiger partial charge on any atom is -0.258 e. The highest BCUT2D eigenvalue weighted by Crippen LogP contribution is 2.32. The molecule has 1 aromatic carbocycles. The Morgan fingerprint density at radius 3 is 2.64 bits per heavy atom. The molecule has 0 spiro atoms. The molecule has 0 saturated carbocycles. The smallest absolute Gasteiger partial charge is 0.258 e. The fourth-order valence-corrected chi connectivity index (χ4v) is 1.90. The van der Waals surface area contributed by atoms with Crippen LogP contribution in [0.3, 0.4) is 0 Å². The first-order valence-electron chi connectivity index (χ1n) is 4.11. The minimum absolute atomic E-state index is 0.163. The van der Waals surface area contributed by atoms with Crippen LogP contribution < -0.4 is 0 Å². The molecule has 14 heavy (non-hydrogen) atoms. The first kappa shape index (κ1) is 11.0. The molecule has 0 heterocycles. The molecule has 3 nitrogen and oxygen atoms in total. The molecule has 0 aliphatic rings. The zero-order chi connectivity index (χ0) is 10.7. The lowest BCUT2D eigenvalue weighted by molar-refractivity contribution is -0.387. The first-order valence-corrected chi connectivity index (χ1v) is 4.99. The van der Waals surface area contributed by atoms with Crippen molar-refractivity contribution in [3.63, 3.8) is 0 Å². The van der Waals surface area contributed by atoms with Crippen molar-refractivity contribution in [2.45, 2.75) is 24.0 Å². The number of nitro groups is 1. The summed E-state index contributed by atoms with van der Waals surface area (Å²) < 4.78 is 12.7. The molecule has 0 aliphatic heterocycles. The number of halogens is 1. The van der Waals surface area contributed by atoms with Crippen molar-refractivity contribution in [2.24, 2.45) is 0 Å². The molecule has 0 bridgehead atoms. The van der Waals surface area contributed by atoms with Gasteiger partial charge in [-0.15, -0.1) is 11.8 Å². The molecule has 0 amide bonds. The van der Waals surface area contributed by atoms with Crippen LogP contribution in [0, 0.1) is 15.9 Å². The van der Waals surface area contributed by atoms with Crippen LogP contribution in [0.15, 0.2) is 23.1 Å². The van der Waals surface area contributed by atoms with Gasteiger partial charge < -0.3 is 0 Å². The number of hydrogen-bond acceptors (Lipinski definition) is 3. The van der Waals surface area contributed by atoms with Crippen molar-refractivity contribution in [3.05, 3.63) is 34.1 Å². The maximum absolute atomic E-state index is 12.7. The number of rotatable bonds is 3. The number of nitrogens with zero attached hydrogens (tertiary/aromatic N) is 1. The van der Waals surface area contributed by atoms with Crippen LogP contribution in [0.4, 0.5) is 10.1 Å². The Labute approximate surface area is 85.5 Å². The van der Waals surface area contributed by atoms with Crippen molar-refractivity contribution < 1.29 is 9.31 Å². The molecule has 0 radical (unpaired) electrons. The average Bonchev–Trinajstić information content (AvgIpc) is 2.07. The summed E-state index contributed by atoms with van der Waals surface area (Å²) in [5.74, 6) is -0.579. The Balaban J connectivity index is 3.08. The monoisotopic (exact) mass is 215 g/mol. The van der Waals surface area contributed by atoms with E-state index in [0.29, 0.717) is 4.90 Å². The van der Waals surface area contributed by atoms with Crippen molar-refractivity contribution >= 4 is 17.4 Å². The van der Waals surface area contributed by atoms with Crippen molar-refractivity contribution in [1.82, 2.24) is 0 Å². The molecule has 0 N–H and O–H groups in total. The van der Waals surface area contributed by atoms with Gasteiger partial charge >= 0.3 is 0 Å². The van der Waals surface area contributed by atoms with E-state index >= 15 is 0 Å². The minimum atomic E-state index is -0.579. The average molecular weight is 215 g/mol. The van der Waals surface area contributed by atoms with Crippen LogP contribution in [-0.2, 0) is 0 Å². The summed E-state index contributed by atoms with van der Waals surface area (Å²) >= 11 is 1.35. The Morgan fingerprint density at radius 1 is 1.50 bits per heavy atom. The van der Waals surface area contributed by atoms with E-state index < -0.39 is 10.7 Å². The second kappa shape index (κ2) is 4.41. The van der Waals surface area contributed by atoms with Gasteiger partial charge in [0.05, 0.1) is 15.9 Å². The predicted molar refractivity (Wildman–Crippen MR) is 54.0 cm³/mol. The van der Waals surface area contributed by atoms with E-state index in [9.17, 15) is 14.5 Å². The predicted octanol–water partition coefficient (Wildman–Crippen LogP) is 3.23. The Kier molecular flexibility index (Phi) is 3.46. The van der Waals surface area contributed by atoms with Gasteiger partial charge in [-0.3, -0.25) is 10.1 Å². The SMILES string of the molecule is CC(C)Sc1ccc(F)cc1[N+](=O)[O-]. The van der Waals surface area contributed by atoms with Crippen LogP contribution >= 0.6 is 11.8 Å². The highest BCUT2D eigenvalue weighted by molar-refractivity contribution is 8.00. The lowest BCUT2D eigenvalue weighted by Gasteiger charge is -2.04. The molecule has 0 atom stereocenters. The van der Waals surface area contributed by atoms with Gasteiger partial charge in [-0.05, 0) is 12.1 Å². The normalized spacial score (nSPS) is 10.6. The summed E-state index contributed by atoms with van der Waals surface area (Å²) in [6.07, 6.45) is 0. The Bertz CT molecular complexity index is 355. The van der Waals surface area contributed by atoms with Crippen LogP contribution in [0.5, 0.6) is 0 Å². The number of benzene rings is 1. The van der Waals surface area contributed by atoms with Gasteiger partial charge in [-0.1, -0.05) is 13.8 Å². The van der Waals surface area contributed by atoms with Crippen LogP contribution in [0.1, 0.15) is 13.8 Å². The van der Waals surface area contributed by atoms with E-state index in [4.69, 9.17) is 0 Å². The summed E-state index contributed by atoms with van der Waals surface area (Å²) in [4.78, 5) is 10.5. The van der Waals surface area contributed by atoms with Gasteiger partial charge in [-0.2, -0.15) is 0 Å². The summed E-state index contributed by atoms with van der Waals surface area (Å²) in [7, 11) is 0. The van der Waals surface area contributed by atoms with Gasteiger partial charge in [0.2, 0.25) is 0 Å². The number of nitro benzene ring substituents is 1. The summed E-state index contributed by atoms with van der Waals surface area (Å²) in [5, 5.41) is 10.8. The van der Waals surface area contributed by atoms with Gasteiger partial charge in [0.1, 0.15) is 5.82 Å². The lowest BCUT2D eigenvalue weighted by Crippen LogP contribution is -1.94. The standard InChI is InChI=1S/C9H10FNO2S/c1-6(2)14-9-4-3-7(10)5-8(9)11(12)13/h3-6H,1-2H3. The number of hydrogen-bond donors (Lipinski definition) is 0. The van der Waals surface area contributed by atoms with Crippen molar-refractivity contribution in [1.29, 1.82) is 0 Å². The Morgan fingerprint density at radius 2 is 2.14 bits per heavy atom. The van der Waals surface area contributed by atoms with Gasteiger partial charge in [0.25, 0.3) is 5.69 Å². The van der Waals surface area contributed by atoms with Crippen molar-refractivity contribution in [2.75, 3.05) is 0 Å². The van der Waals surface area contributed by atoms with E-state index in [1.807, 2.05) is 13.8 Å². The first-order chi connectivity index (χ1) is 6.50. The molecular formula is C9H10FNO2S. The largest absolute Gasteiger partial charge is 0.285 e. The van der Waals surface area contributed by atoms with E-state index in [1.165, 1.54) is 23.9 Å². The Hall–Kier alpha value is -1.10. The van der Waals surface area contributed by atoms with E-state index in [-0.39, 0.29) is 10.9 Å². The zero-order valence-electron chi connectivity index (χ0n) is 7.86. The maximum Gasteiger partial charge on any atom is 0.285 e. The highest BCUT2D eigenvalue weighted by Gasteiger charge is 2.15. The summed E-state index contributed by atoms with van der Waals surface area (Å²) in [6, 6.07) is 3.63. The summed E-state index contributed by atoms with van der Waals surface area (Å²) in [6.45, 7) is 3.86. The molecule has 1 aromatic rings. The lowest BCUT2D eigenvalue weighted by atomic mass is 10.3. The molecular weight excluding hydrogens is 205 g/mol.